The highest BCUT2D eigenvalue weighted by molar-refractivity contribution is 6.36. The molecule has 1 saturated carbocycles. The number of fused-ring (bicyclic) bond motifs is 1. The maximum absolute atomic E-state index is 14.3. The zero-order valence-electron chi connectivity index (χ0n) is 17.7. The number of nitrogens with zero attached hydrogens (tertiary/aromatic N) is 3. The minimum Gasteiger partial charge on any atom is -0.346 e. The molecule has 0 bridgehead atoms. The van der Waals surface area contributed by atoms with Gasteiger partial charge in [0.1, 0.15) is 18.1 Å². The molecular formula is C24H23Cl2F2N5. The fraction of sp³-hybridized carbons (Fsp3) is 0.333. The molecule has 3 N–H and O–H groups in total. The van der Waals surface area contributed by atoms with Crippen molar-refractivity contribution in [1.82, 2.24) is 19.7 Å². The summed E-state index contributed by atoms with van der Waals surface area (Å²) in [5.41, 5.74) is 9.26. The van der Waals surface area contributed by atoms with Gasteiger partial charge in [-0.15, -0.1) is 0 Å². The van der Waals surface area contributed by atoms with E-state index in [0.717, 1.165) is 42.2 Å². The van der Waals surface area contributed by atoms with Crippen molar-refractivity contribution in [3.05, 3.63) is 70.0 Å². The molecule has 5 nitrogen and oxygen atoms in total. The van der Waals surface area contributed by atoms with E-state index in [1.165, 1.54) is 12.1 Å². The summed E-state index contributed by atoms with van der Waals surface area (Å²) in [4.78, 5) is 7.59. The van der Waals surface area contributed by atoms with Gasteiger partial charge < -0.3 is 10.7 Å². The van der Waals surface area contributed by atoms with E-state index >= 15 is 0 Å². The number of benzene rings is 1. The first-order chi connectivity index (χ1) is 16.0. The van der Waals surface area contributed by atoms with Gasteiger partial charge in [0.15, 0.2) is 0 Å². The maximum atomic E-state index is 14.3. The Balaban J connectivity index is 1.52. The number of aromatic nitrogens is 4. The molecule has 0 amide bonds. The van der Waals surface area contributed by atoms with Crippen molar-refractivity contribution in [1.29, 1.82) is 0 Å². The standard InChI is InChI=1S/C24H23Cl2F2N5/c25-20-5-6-21(28)23(26)22(20)18(8-27)19-11-31-24-17(19)7-13(9-30-24)14-10-32-33(12-14)16-3-1-15(29)2-4-16/h5-7,9-12,15-16,18H,1-4,8,29H2,(H,30,31)/t15?,16?,18-/m1/s1. The number of aromatic amines is 1. The molecule has 1 fully saturated rings. The molecule has 1 aromatic carbocycles. The molecule has 1 aliphatic carbocycles. The normalized spacial score (nSPS) is 19.8. The van der Waals surface area contributed by atoms with Crippen molar-refractivity contribution < 1.29 is 8.78 Å². The van der Waals surface area contributed by atoms with E-state index in [0.29, 0.717) is 17.3 Å². The monoisotopic (exact) mass is 489 g/mol. The third-order valence-electron chi connectivity index (χ3n) is 6.57. The lowest BCUT2D eigenvalue weighted by atomic mass is 9.91. The lowest BCUT2D eigenvalue weighted by molar-refractivity contribution is 0.304. The Bertz CT molecular complexity index is 1290. The first-order valence-electron chi connectivity index (χ1n) is 10.9. The molecule has 172 valence electrons. The van der Waals surface area contributed by atoms with Crippen LogP contribution < -0.4 is 5.73 Å². The van der Waals surface area contributed by atoms with Crippen LogP contribution in [0.1, 0.15) is 48.8 Å². The van der Waals surface area contributed by atoms with Gasteiger partial charge >= 0.3 is 0 Å². The predicted molar refractivity (Wildman–Crippen MR) is 127 cm³/mol. The molecule has 1 aliphatic rings. The third kappa shape index (κ3) is 4.14. The molecule has 5 rings (SSSR count). The number of rotatable bonds is 5. The fourth-order valence-corrected chi connectivity index (χ4v) is 5.33. The minimum atomic E-state index is -0.833. The van der Waals surface area contributed by atoms with Crippen molar-refractivity contribution in [3.8, 4) is 11.1 Å². The molecule has 3 aromatic heterocycles. The van der Waals surface area contributed by atoms with Gasteiger partial charge in [-0.2, -0.15) is 5.10 Å². The van der Waals surface area contributed by atoms with E-state index in [2.05, 4.69) is 15.1 Å². The summed E-state index contributed by atoms with van der Waals surface area (Å²) in [6.45, 7) is -0.790. The molecule has 0 saturated heterocycles. The van der Waals surface area contributed by atoms with Crippen molar-refractivity contribution in [2.24, 2.45) is 5.73 Å². The molecule has 0 aliphatic heterocycles. The van der Waals surface area contributed by atoms with E-state index in [9.17, 15) is 8.78 Å². The van der Waals surface area contributed by atoms with Crippen LogP contribution in [-0.4, -0.2) is 32.5 Å². The summed E-state index contributed by atoms with van der Waals surface area (Å²) < 4.78 is 30.4. The number of nitrogens with two attached hydrogens (primary N) is 1. The van der Waals surface area contributed by atoms with Gasteiger partial charge in [0.25, 0.3) is 0 Å². The Hall–Kier alpha value is -2.48. The third-order valence-corrected chi connectivity index (χ3v) is 7.28. The molecule has 0 unspecified atom stereocenters. The van der Waals surface area contributed by atoms with Crippen LogP contribution in [-0.2, 0) is 0 Å². The van der Waals surface area contributed by atoms with Gasteiger partial charge in [0.05, 0.1) is 17.3 Å². The van der Waals surface area contributed by atoms with Gasteiger partial charge in [-0.25, -0.2) is 9.37 Å². The number of alkyl halides is 1. The second-order valence-electron chi connectivity index (χ2n) is 8.61. The quantitative estimate of drug-likeness (QED) is 0.317. The predicted octanol–water partition coefficient (Wildman–Crippen LogP) is 6.42. The number of hydrogen-bond acceptors (Lipinski definition) is 3. The number of halogens is 4. The highest BCUT2D eigenvalue weighted by Crippen LogP contribution is 2.40. The number of nitrogens with one attached hydrogen (secondary N) is 1. The van der Waals surface area contributed by atoms with Crippen LogP contribution in [0.5, 0.6) is 0 Å². The van der Waals surface area contributed by atoms with E-state index in [-0.39, 0.29) is 21.7 Å². The van der Waals surface area contributed by atoms with Crippen LogP contribution in [0.2, 0.25) is 10.0 Å². The van der Waals surface area contributed by atoms with Crippen LogP contribution in [0.3, 0.4) is 0 Å². The SMILES string of the molecule is NC1CCC(n2cc(-c3cnc4[nH]cc([C@@H](CF)c5c(Cl)ccc(F)c5Cl)c4c3)cn2)CC1. The van der Waals surface area contributed by atoms with Crippen LogP contribution in [0.4, 0.5) is 8.78 Å². The zero-order valence-corrected chi connectivity index (χ0v) is 19.3. The lowest BCUT2D eigenvalue weighted by Crippen LogP contribution is -2.27. The minimum absolute atomic E-state index is 0.169. The Morgan fingerprint density at radius 2 is 1.94 bits per heavy atom. The molecule has 33 heavy (non-hydrogen) atoms. The smallest absolute Gasteiger partial charge is 0.142 e. The largest absolute Gasteiger partial charge is 0.346 e. The average molecular weight is 490 g/mol. The van der Waals surface area contributed by atoms with Crippen LogP contribution in [0.25, 0.3) is 22.2 Å². The van der Waals surface area contributed by atoms with E-state index < -0.39 is 18.4 Å². The average Bonchev–Trinajstić information content (AvgIpc) is 3.47. The molecule has 1 atom stereocenters. The molecule has 0 spiro atoms. The molecule has 0 radical (unpaired) electrons. The highest BCUT2D eigenvalue weighted by atomic mass is 35.5. The number of pyridine rings is 1. The summed E-state index contributed by atoms with van der Waals surface area (Å²) in [5.74, 6) is -1.47. The Morgan fingerprint density at radius 3 is 2.70 bits per heavy atom. The van der Waals surface area contributed by atoms with Gasteiger partial charge in [-0.1, -0.05) is 23.2 Å². The summed E-state index contributed by atoms with van der Waals surface area (Å²) in [6.07, 6.45) is 11.3. The first kappa shape index (κ1) is 22.3. The summed E-state index contributed by atoms with van der Waals surface area (Å²) in [6, 6.07) is 5.13. The zero-order chi connectivity index (χ0) is 23.1. The maximum Gasteiger partial charge on any atom is 0.142 e. The highest BCUT2D eigenvalue weighted by Gasteiger charge is 2.26. The number of hydrogen-bond donors (Lipinski definition) is 2. The topological polar surface area (TPSA) is 72.5 Å². The Labute approximate surface area is 199 Å². The first-order valence-corrected chi connectivity index (χ1v) is 11.7. The lowest BCUT2D eigenvalue weighted by Gasteiger charge is -2.26. The van der Waals surface area contributed by atoms with E-state index in [1.54, 1.807) is 12.4 Å². The van der Waals surface area contributed by atoms with Crippen molar-refractivity contribution in [2.45, 2.75) is 43.7 Å². The summed E-state index contributed by atoms with van der Waals surface area (Å²) >= 11 is 12.5. The van der Waals surface area contributed by atoms with Crippen molar-refractivity contribution >= 4 is 34.2 Å². The Kier molecular flexibility index (Phi) is 6.12. The van der Waals surface area contributed by atoms with Crippen LogP contribution >= 0.6 is 23.2 Å². The number of H-pyrrole nitrogens is 1. The van der Waals surface area contributed by atoms with Gasteiger partial charge in [0.2, 0.25) is 0 Å². The summed E-state index contributed by atoms with van der Waals surface area (Å²) in [7, 11) is 0. The molecular weight excluding hydrogens is 467 g/mol. The van der Waals surface area contributed by atoms with E-state index in [1.807, 2.05) is 23.1 Å². The molecule has 3 heterocycles. The van der Waals surface area contributed by atoms with Crippen LogP contribution in [0, 0.1) is 5.82 Å². The summed E-state index contributed by atoms with van der Waals surface area (Å²) in [5, 5.41) is 5.34. The second-order valence-corrected chi connectivity index (χ2v) is 9.39. The second kappa shape index (κ2) is 9.05. The van der Waals surface area contributed by atoms with Gasteiger partial charge in [-0.05, 0) is 49.4 Å². The van der Waals surface area contributed by atoms with Crippen LogP contribution in [0.15, 0.2) is 43.0 Å². The molecule has 9 heteroatoms. The Morgan fingerprint density at radius 1 is 1.15 bits per heavy atom. The van der Waals surface area contributed by atoms with E-state index in [4.69, 9.17) is 28.9 Å². The fourth-order valence-electron chi connectivity index (χ4n) is 4.70. The van der Waals surface area contributed by atoms with Crippen molar-refractivity contribution in [2.75, 3.05) is 6.67 Å². The van der Waals surface area contributed by atoms with Gasteiger partial charge in [-0.3, -0.25) is 9.07 Å². The van der Waals surface area contributed by atoms with Gasteiger partial charge in [0, 0.05) is 57.6 Å². The molecule has 4 aromatic rings. The van der Waals surface area contributed by atoms with Crippen molar-refractivity contribution in [3.63, 3.8) is 0 Å².